The van der Waals surface area contributed by atoms with E-state index < -0.39 is 0 Å². The van der Waals surface area contributed by atoms with Gasteiger partial charge in [-0.05, 0) is 37.6 Å². The zero-order valence-corrected chi connectivity index (χ0v) is 17.5. The lowest BCUT2D eigenvalue weighted by Gasteiger charge is -2.10. The summed E-state index contributed by atoms with van der Waals surface area (Å²) in [6.45, 7) is 3.95. The van der Waals surface area contributed by atoms with Crippen molar-refractivity contribution >= 4 is 23.2 Å². The number of aromatic nitrogens is 4. The lowest BCUT2D eigenvalue weighted by molar-refractivity contribution is -0.119. The molecule has 2 aromatic heterocycles. The second-order valence-corrected chi connectivity index (χ2v) is 7.34. The molecular weight excluding hydrogens is 394 g/mol. The van der Waals surface area contributed by atoms with Crippen LogP contribution in [-0.2, 0) is 4.79 Å². The molecule has 3 aromatic rings. The molecule has 10 heteroatoms. The minimum Gasteiger partial charge on any atom is -0.493 e. The van der Waals surface area contributed by atoms with Crippen LogP contribution in [0.2, 0.25) is 0 Å². The summed E-state index contributed by atoms with van der Waals surface area (Å²) in [6, 6.07) is 7.17. The summed E-state index contributed by atoms with van der Waals surface area (Å²) < 4.78 is 12.0. The highest BCUT2D eigenvalue weighted by atomic mass is 32.2. The van der Waals surface area contributed by atoms with Gasteiger partial charge in [-0.3, -0.25) is 9.59 Å². The van der Waals surface area contributed by atoms with Crippen molar-refractivity contribution in [2.24, 2.45) is 0 Å². The van der Waals surface area contributed by atoms with Gasteiger partial charge in [0.05, 0.1) is 25.7 Å². The van der Waals surface area contributed by atoms with Gasteiger partial charge >= 0.3 is 0 Å². The lowest BCUT2D eigenvalue weighted by atomic mass is 10.1. The van der Waals surface area contributed by atoms with Crippen molar-refractivity contribution in [1.82, 2.24) is 25.1 Å². The summed E-state index contributed by atoms with van der Waals surface area (Å²) in [6.07, 6.45) is 0.853. The van der Waals surface area contributed by atoms with Crippen LogP contribution < -0.4 is 20.3 Å². The monoisotopic (exact) mass is 417 g/mol. The number of fused-ring (bicyclic) bond motifs is 1. The van der Waals surface area contributed by atoms with Crippen LogP contribution in [0.4, 0.5) is 0 Å². The molecular formula is C19H23N5O4S. The number of carbonyl (C=O) groups is 1. The number of hydrogen-bond donors (Lipinski definition) is 2. The molecule has 0 unspecified atom stereocenters. The molecule has 0 aliphatic rings. The highest BCUT2D eigenvalue weighted by molar-refractivity contribution is 7.99. The third-order valence-electron chi connectivity index (χ3n) is 4.41. The average molecular weight is 417 g/mol. The first-order valence-corrected chi connectivity index (χ1v) is 10.1. The Morgan fingerprint density at radius 2 is 2.03 bits per heavy atom. The van der Waals surface area contributed by atoms with E-state index in [0.29, 0.717) is 27.9 Å². The summed E-state index contributed by atoms with van der Waals surface area (Å²) in [5.74, 6) is 1.23. The van der Waals surface area contributed by atoms with Gasteiger partial charge in [0.2, 0.25) is 11.1 Å². The minimum atomic E-state index is -0.363. The van der Waals surface area contributed by atoms with Crippen molar-refractivity contribution in [2.75, 3.05) is 20.0 Å². The van der Waals surface area contributed by atoms with Gasteiger partial charge in [-0.2, -0.15) is 5.10 Å². The van der Waals surface area contributed by atoms with Crippen LogP contribution in [0, 0.1) is 0 Å². The van der Waals surface area contributed by atoms with Crippen molar-refractivity contribution in [3.63, 3.8) is 0 Å². The first-order valence-electron chi connectivity index (χ1n) is 9.09. The van der Waals surface area contributed by atoms with Gasteiger partial charge in [0, 0.05) is 11.6 Å². The van der Waals surface area contributed by atoms with Crippen LogP contribution in [0.25, 0.3) is 16.8 Å². The third kappa shape index (κ3) is 4.53. The number of carbonyl (C=O) groups excluding carboxylic acids is 1. The van der Waals surface area contributed by atoms with Gasteiger partial charge in [0.25, 0.3) is 5.56 Å². The Bertz CT molecular complexity index is 1080. The maximum atomic E-state index is 12.2. The van der Waals surface area contributed by atoms with Crippen molar-refractivity contribution in [3.8, 4) is 22.8 Å². The summed E-state index contributed by atoms with van der Waals surface area (Å²) in [4.78, 5) is 24.3. The Kier molecular flexibility index (Phi) is 6.42. The third-order valence-corrected chi connectivity index (χ3v) is 5.34. The van der Waals surface area contributed by atoms with Crippen LogP contribution in [0.1, 0.15) is 20.3 Å². The number of thioether (sulfide) groups is 1. The number of H-pyrrole nitrogens is 1. The average Bonchev–Trinajstić information content (AvgIpc) is 3.19. The Hall–Kier alpha value is -3.01. The highest BCUT2D eigenvalue weighted by Gasteiger charge is 2.15. The molecule has 0 saturated carbocycles. The van der Waals surface area contributed by atoms with Crippen LogP contribution in [0.3, 0.4) is 0 Å². The van der Waals surface area contributed by atoms with E-state index in [1.54, 1.807) is 32.4 Å². The van der Waals surface area contributed by atoms with Crippen LogP contribution in [0.5, 0.6) is 11.5 Å². The number of aromatic amines is 1. The zero-order chi connectivity index (χ0) is 21.0. The van der Waals surface area contributed by atoms with Crippen molar-refractivity contribution in [2.45, 2.75) is 31.5 Å². The predicted molar refractivity (Wildman–Crippen MR) is 111 cm³/mol. The fourth-order valence-corrected chi connectivity index (χ4v) is 3.39. The summed E-state index contributed by atoms with van der Waals surface area (Å²) >= 11 is 1.20. The number of nitrogens with zero attached hydrogens (tertiary/aromatic N) is 3. The number of methoxy groups -OCH3 is 2. The van der Waals surface area contributed by atoms with Crippen molar-refractivity contribution < 1.29 is 14.3 Å². The molecule has 1 amide bonds. The van der Waals surface area contributed by atoms with Crippen molar-refractivity contribution in [1.29, 1.82) is 0 Å². The second-order valence-electron chi connectivity index (χ2n) is 6.40. The topological polar surface area (TPSA) is 111 Å². The van der Waals surface area contributed by atoms with Gasteiger partial charge in [-0.1, -0.05) is 18.7 Å². The first kappa shape index (κ1) is 20.7. The molecule has 0 aliphatic heterocycles. The normalized spacial score (nSPS) is 12.0. The van der Waals surface area contributed by atoms with E-state index in [1.807, 2.05) is 19.9 Å². The molecule has 1 atom stereocenters. The maximum absolute atomic E-state index is 12.2. The zero-order valence-electron chi connectivity index (χ0n) is 16.7. The number of hydrogen-bond acceptors (Lipinski definition) is 7. The molecule has 0 bridgehead atoms. The minimum absolute atomic E-state index is 0.0993. The molecule has 2 heterocycles. The van der Waals surface area contributed by atoms with Gasteiger partial charge in [-0.15, -0.1) is 5.10 Å². The number of benzene rings is 1. The molecule has 0 radical (unpaired) electrons. The number of amides is 1. The molecule has 1 aromatic carbocycles. The van der Waals surface area contributed by atoms with E-state index in [9.17, 15) is 9.59 Å². The lowest BCUT2D eigenvalue weighted by Crippen LogP contribution is -2.33. The predicted octanol–water partition coefficient (Wildman–Crippen LogP) is 2.11. The quantitative estimate of drug-likeness (QED) is 0.540. The van der Waals surface area contributed by atoms with Gasteiger partial charge in [0.1, 0.15) is 5.52 Å². The highest BCUT2D eigenvalue weighted by Crippen LogP contribution is 2.32. The van der Waals surface area contributed by atoms with Gasteiger partial charge in [-0.25, -0.2) is 9.61 Å². The van der Waals surface area contributed by atoms with Crippen LogP contribution >= 0.6 is 11.8 Å². The smallest absolute Gasteiger partial charge is 0.290 e. The van der Waals surface area contributed by atoms with Gasteiger partial charge in [0.15, 0.2) is 11.5 Å². The molecule has 0 saturated heterocycles. The molecule has 29 heavy (non-hydrogen) atoms. The molecule has 9 nitrogen and oxygen atoms in total. The molecule has 0 aliphatic carbocycles. The first-order chi connectivity index (χ1) is 14.0. The molecule has 0 spiro atoms. The van der Waals surface area contributed by atoms with E-state index in [1.165, 1.54) is 16.3 Å². The Labute approximate surface area is 171 Å². The molecule has 2 N–H and O–H groups in total. The van der Waals surface area contributed by atoms with E-state index in [0.717, 1.165) is 12.0 Å². The molecule has 154 valence electrons. The summed E-state index contributed by atoms with van der Waals surface area (Å²) in [5.41, 5.74) is 1.32. The van der Waals surface area contributed by atoms with Gasteiger partial charge < -0.3 is 14.8 Å². The van der Waals surface area contributed by atoms with Crippen LogP contribution in [0.15, 0.2) is 34.2 Å². The Morgan fingerprint density at radius 1 is 1.28 bits per heavy atom. The second kappa shape index (κ2) is 8.99. The standard InChI is InChI=1S/C19H23N5O4S/c1-5-11(2)20-17(25)10-29-19-22-21-18(26)14-9-13(23-24(14)19)12-6-7-15(27-3)16(8-12)28-4/h6-9,11H,5,10H2,1-4H3,(H,20,25)(H,21,26)/t11-/m0/s1. The Balaban J connectivity index is 1.91. The van der Waals surface area contributed by atoms with E-state index in [-0.39, 0.29) is 23.3 Å². The van der Waals surface area contributed by atoms with E-state index >= 15 is 0 Å². The SMILES string of the molecule is CC[C@H](C)NC(=O)CSc1n[nH]c(=O)c2cc(-c3ccc(OC)c(OC)c3)nn12. The number of ether oxygens (including phenoxy) is 2. The Morgan fingerprint density at radius 3 is 2.72 bits per heavy atom. The summed E-state index contributed by atoms with van der Waals surface area (Å²) in [5, 5.41) is 14.3. The fourth-order valence-electron chi connectivity index (χ4n) is 2.67. The molecule has 3 rings (SSSR count). The van der Waals surface area contributed by atoms with Crippen molar-refractivity contribution in [3.05, 3.63) is 34.6 Å². The van der Waals surface area contributed by atoms with E-state index in [2.05, 4.69) is 20.6 Å². The van der Waals surface area contributed by atoms with Crippen LogP contribution in [-0.4, -0.2) is 51.7 Å². The fraction of sp³-hybridized carbons (Fsp3) is 0.368. The number of rotatable bonds is 8. The number of nitrogens with one attached hydrogen (secondary N) is 2. The molecule has 0 fully saturated rings. The summed E-state index contributed by atoms with van der Waals surface area (Å²) in [7, 11) is 3.12. The maximum Gasteiger partial charge on any atom is 0.290 e. The largest absolute Gasteiger partial charge is 0.493 e. The van der Waals surface area contributed by atoms with E-state index in [4.69, 9.17) is 9.47 Å².